The summed E-state index contributed by atoms with van der Waals surface area (Å²) in [6.45, 7) is 1.31. The van der Waals surface area contributed by atoms with Crippen molar-refractivity contribution in [1.82, 2.24) is 0 Å². The minimum atomic E-state index is -3.80. The van der Waals surface area contributed by atoms with E-state index in [1.54, 1.807) is 12.1 Å². The molecule has 0 heterocycles. The molecule has 0 saturated heterocycles. The average molecular weight is 332 g/mol. The molecule has 0 fully saturated rings. The van der Waals surface area contributed by atoms with E-state index in [0.29, 0.717) is 10.8 Å². The van der Waals surface area contributed by atoms with E-state index in [1.165, 1.54) is 31.2 Å². The van der Waals surface area contributed by atoms with Crippen molar-refractivity contribution >= 4 is 29.1 Å². The molecule has 120 valence electrons. The summed E-state index contributed by atoms with van der Waals surface area (Å²) in [5, 5.41) is 10.7. The lowest BCUT2D eigenvalue weighted by Crippen LogP contribution is -2.41. The molecule has 0 aliphatic carbocycles. The number of carbonyl (C=O) groups is 1. The topological polar surface area (TPSA) is 72.5 Å². The molecule has 1 atom stereocenters. The van der Waals surface area contributed by atoms with Crippen molar-refractivity contribution in [1.29, 1.82) is 0 Å². The second kappa shape index (κ2) is 6.89. The van der Waals surface area contributed by atoms with E-state index >= 15 is 0 Å². The highest BCUT2D eigenvalue weighted by molar-refractivity contribution is 5.86. The summed E-state index contributed by atoms with van der Waals surface area (Å²) in [4.78, 5) is 11.3. The van der Waals surface area contributed by atoms with E-state index in [-0.39, 0.29) is 30.3 Å². The number of phenols is 1. The number of fused-ring (bicyclic) bond motifs is 1. The normalized spacial score (nSPS) is 12.5. The summed E-state index contributed by atoms with van der Waals surface area (Å²) in [5.74, 6) is -5.36. The molecule has 0 spiro atoms. The van der Waals surface area contributed by atoms with Gasteiger partial charge in [0.1, 0.15) is 11.8 Å². The molecule has 0 amide bonds. The van der Waals surface area contributed by atoms with Gasteiger partial charge in [0.05, 0.1) is 6.61 Å². The highest BCUT2D eigenvalue weighted by atomic mass is 35.5. The van der Waals surface area contributed by atoms with E-state index in [4.69, 9.17) is 5.73 Å². The van der Waals surface area contributed by atoms with Gasteiger partial charge < -0.3 is 15.6 Å². The summed E-state index contributed by atoms with van der Waals surface area (Å²) < 4.78 is 32.2. The van der Waals surface area contributed by atoms with Gasteiger partial charge in [0.15, 0.2) is 0 Å². The van der Waals surface area contributed by atoms with Crippen molar-refractivity contribution in [3.05, 3.63) is 42.0 Å². The van der Waals surface area contributed by atoms with Crippen molar-refractivity contribution in [3.63, 3.8) is 0 Å². The fourth-order valence-corrected chi connectivity index (χ4v) is 2.01. The second-order valence-corrected chi connectivity index (χ2v) is 4.61. The monoisotopic (exact) mass is 331 g/mol. The van der Waals surface area contributed by atoms with Crippen LogP contribution < -0.4 is 5.73 Å². The average Bonchev–Trinajstić information content (AvgIpc) is 2.46. The number of ether oxygens (including phenoxy) is 1. The predicted octanol–water partition coefficient (Wildman–Crippen LogP) is 3.17. The van der Waals surface area contributed by atoms with Crippen LogP contribution in [0.15, 0.2) is 36.4 Å². The van der Waals surface area contributed by atoms with E-state index in [9.17, 15) is 18.7 Å². The number of hydrogen-bond acceptors (Lipinski definition) is 4. The number of aromatic hydroxyl groups is 1. The molecule has 0 saturated carbocycles. The Kier molecular flexibility index (Phi) is 5.68. The fraction of sp³-hybridized carbons (Fsp3) is 0.267. The van der Waals surface area contributed by atoms with Gasteiger partial charge in [-0.05, 0) is 41.5 Å². The van der Waals surface area contributed by atoms with Crippen LogP contribution in [0.5, 0.6) is 5.75 Å². The quantitative estimate of drug-likeness (QED) is 0.844. The molecule has 2 aromatic carbocycles. The predicted molar refractivity (Wildman–Crippen MR) is 81.4 cm³/mol. The van der Waals surface area contributed by atoms with Gasteiger partial charge >= 0.3 is 11.9 Å². The van der Waals surface area contributed by atoms with Crippen LogP contribution in [0, 0.1) is 0 Å². The van der Waals surface area contributed by atoms with Crippen LogP contribution in [-0.2, 0) is 9.53 Å². The molecular formula is C15H16ClF2NO3. The van der Waals surface area contributed by atoms with Crippen LogP contribution in [0.3, 0.4) is 0 Å². The van der Waals surface area contributed by atoms with Gasteiger partial charge in [0, 0.05) is 0 Å². The minimum Gasteiger partial charge on any atom is -0.508 e. The van der Waals surface area contributed by atoms with Crippen molar-refractivity contribution in [2.75, 3.05) is 6.61 Å². The molecule has 22 heavy (non-hydrogen) atoms. The third-order valence-corrected chi connectivity index (χ3v) is 3.15. The van der Waals surface area contributed by atoms with Crippen LogP contribution in [0.1, 0.15) is 18.5 Å². The third-order valence-electron chi connectivity index (χ3n) is 3.15. The number of halogens is 3. The van der Waals surface area contributed by atoms with Gasteiger partial charge in [-0.25, -0.2) is 4.79 Å². The number of carbonyl (C=O) groups excluding carboxylic acids is 1. The lowest BCUT2D eigenvalue weighted by Gasteiger charge is -2.22. The van der Waals surface area contributed by atoms with Gasteiger partial charge in [-0.15, -0.1) is 12.4 Å². The summed E-state index contributed by atoms with van der Waals surface area (Å²) in [5.41, 5.74) is 5.64. The molecule has 0 radical (unpaired) electrons. The molecule has 0 unspecified atom stereocenters. The summed E-state index contributed by atoms with van der Waals surface area (Å²) in [6.07, 6.45) is 0. The van der Waals surface area contributed by atoms with E-state index < -0.39 is 17.9 Å². The molecule has 2 rings (SSSR count). The first-order valence-electron chi connectivity index (χ1n) is 6.39. The zero-order valence-electron chi connectivity index (χ0n) is 11.8. The molecule has 3 N–H and O–H groups in total. The van der Waals surface area contributed by atoms with Crippen LogP contribution in [0.25, 0.3) is 10.8 Å². The first-order valence-corrected chi connectivity index (χ1v) is 6.39. The van der Waals surface area contributed by atoms with Crippen LogP contribution in [0.4, 0.5) is 8.78 Å². The lowest BCUT2D eigenvalue weighted by molar-refractivity contribution is -0.174. The zero-order chi connectivity index (χ0) is 15.6. The Labute approximate surface area is 132 Å². The third kappa shape index (κ3) is 3.45. The van der Waals surface area contributed by atoms with Gasteiger partial charge in [-0.2, -0.15) is 8.78 Å². The SMILES string of the molecule is CCOC(=O)C(F)(F)[C@@H](N)c1ccc2cc(O)ccc2c1.Cl. The number of nitrogens with two attached hydrogens (primary N) is 1. The summed E-state index contributed by atoms with van der Waals surface area (Å²) in [7, 11) is 0. The van der Waals surface area contributed by atoms with Crippen molar-refractivity contribution in [2.24, 2.45) is 5.73 Å². The van der Waals surface area contributed by atoms with Gasteiger partial charge in [0.2, 0.25) is 0 Å². The first kappa shape index (κ1) is 18.1. The molecule has 2 aromatic rings. The number of phenolic OH excluding ortho intramolecular Hbond substituents is 1. The molecule has 0 aromatic heterocycles. The highest BCUT2D eigenvalue weighted by Crippen LogP contribution is 2.32. The van der Waals surface area contributed by atoms with Crippen molar-refractivity contribution < 1.29 is 23.4 Å². The Morgan fingerprint density at radius 3 is 2.50 bits per heavy atom. The Balaban J connectivity index is 0.00000242. The largest absolute Gasteiger partial charge is 0.508 e. The van der Waals surface area contributed by atoms with Gasteiger partial charge in [-0.3, -0.25) is 0 Å². The van der Waals surface area contributed by atoms with Gasteiger partial charge in [-0.1, -0.05) is 18.2 Å². The zero-order valence-corrected chi connectivity index (χ0v) is 12.6. The Morgan fingerprint density at radius 2 is 1.86 bits per heavy atom. The van der Waals surface area contributed by atoms with E-state index in [0.717, 1.165) is 0 Å². The molecule has 7 heteroatoms. The maximum absolute atomic E-state index is 13.9. The van der Waals surface area contributed by atoms with E-state index in [1.807, 2.05) is 0 Å². The second-order valence-electron chi connectivity index (χ2n) is 4.61. The van der Waals surface area contributed by atoms with Crippen LogP contribution in [-0.4, -0.2) is 23.6 Å². The first-order chi connectivity index (χ1) is 9.86. The number of hydrogen-bond donors (Lipinski definition) is 2. The van der Waals surface area contributed by atoms with Crippen molar-refractivity contribution in [3.8, 4) is 5.75 Å². The minimum absolute atomic E-state index is 0. The van der Waals surface area contributed by atoms with Gasteiger partial charge in [0.25, 0.3) is 0 Å². The molecule has 0 aliphatic heterocycles. The highest BCUT2D eigenvalue weighted by Gasteiger charge is 2.47. The Bertz CT molecular complexity index is 679. The molecule has 0 bridgehead atoms. The van der Waals surface area contributed by atoms with Crippen LogP contribution in [0.2, 0.25) is 0 Å². The maximum Gasteiger partial charge on any atom is 0.379 e. The number of alkyl halides is 2. The van der Waals surface area contributed by atoms with E-state index in [2.05, 4.69) is 4.74 Å². The summed E-state index contributed by atoms with van der Waals surface area (Å²) >= 11 is 0. The Morgan fingerprint density at radius 1 is 1.27 bits per heavy atom. The number of benzene rings is 2. The van der Waals surface area contributed by atoms with Crippen molar-refractivity contribution in [2.45, 2.75) is 18.9 Å². The standard InChI is InChI=1S/C15H15F2NO3.ClH/c1-2-21-14(20)15(16,17)13(18)11-4-3-10-8-12(19)6-5-9(10)7-11;/h3-8,13,19H,2,18H2,1H3;1H/t13-;/m0./s1. The molecule has 4 nitrogen and oxygen atoms in total. The van der Waals surface area contributed by atoms with Crippen LogP contribution >= 0.6 is 12.4 Å². The smallest absolute Gasteiger partial charge is 0.379 e. The maximum atomic E-state index is 13.9. The summed E-state index contributed by atoms with van der Waals surface area (Å²) in [6, 6.07) is 7.17. The fourth-order valence-electron chi connectivity index (χ4n) is 2.01. The number of esters is 1. The number of rotatable bonds is 4. The lowest BCUT2D eigenvalue weighted by atomic mass is 9.98. The molecule has 0 aliphatic rings. The molecular weight excluding hydrogens is 316 g/mol. The Hall–Kier alpha value is -1.92.